The molecule has 2 bridgehead atoms. The molecule has 1 aromatic rings. The van der Waals surface area contributed by atoms with E-state index in [1.165, 1.54) is 14.0 Å². The van der Waals surface area contributed by atoms with Crippen LogP contribution in [0.3, 0.4) is 0 Å². The molecule has 2 aliphatic heterocycles. The maximum atomic E-state index is 12.9. The summed E-state index contributed by atoms with van der Waals surface area (Å²) in [7, 11) is 3.49. The number of esters is 3. The van der Waals surface area contributed by atoms with Crippen LogP contribution in [0.1, 0.15) is 44.2 Å². The molecule has 0 unspecified atom stereocenters. The van der Waals surface area contributed by atoms with Gasteiger partial charge in [-0.25, -0.2) is 14.4 Å². The standard InChI is InChI=1S/C28H33NO12/c1-13(24(32)33)39-25(34)14(2)38-20(31)12-16(30)26(35)40-18-7-8-28(36)19-11-15-5-6-17(37-4)22-21(15)27(28,23(18)41-22)9-10-29(19)3/h5-7,13-14,16,19,23,30,36H,8-12H2,1-4H3,(H,32,33)/t13-,14-,16-,19+,23-,27-,28+/m0/s1. The summed E-state index contributed by atoms with van der Waals surface area (Å²) in [5.41, 5.74) is -0.266. The number of nitrogens with zero attached hydrogens (tertiary/aromatic N) is 1. The number of likely N-dealkylation sites (N-methyl/N-ethyl adjacent to an activating group) is 1. The number of aliphatic hydroxyl groups excluding tert-OH is 1. The van der Waals surface area contributed by atoms with Gasteiger partial charge in [0.05, 0.1) is 24.5 Å². The lowest BCUT2D eigenvalue weighted by Gasteiger charge is -2.61. The van der Waals surface area contributed by atoms with E-state index in [2.05, 4.69) is 9.64 Å². The monoisotopic (exact) mass is 575 g/mol. The highest BCUT2D eigenvalue weighted by Crippen LogP contribution is 2.65. The zero-order chi connectivity index (χ0) is 29.9. The van der Waals surface area contributed by atoms with Gasteiger partial charge in [0.1, 0.15) is 5.76 Å². The van der Waals surface area contributed by atoms with Gasteiger partial charge in [0, 0.05) is 18.0 Å². The second-order valence-electron chi connectivity index (χ2n) is 11.0. The second kappa shape index (κ2) is 10.3. The Morgan fingerprint density at radius 2 is 1.88 bits per heavy atom. The lowest BCUT2D eigenvalue weighted by atomic mass is 9.50. The molecule has 4 aliphatic rings. The molecule has 1 aromatic carbocycles. The van der Waals surface area contributed by atoms with E-state index in [4.69, 9.17) is 24.1 Å². The van der Waals surface area contributed by atoms with Crippen LogP contribution < -0.4 is 9.47 Å². The maximum Gasteiger partial charge on any atom is 0.347 e. The van der Waals surface area contributed by atoms with Gasteiger partial charge in [-0.2, -0.15) is 0 Å². The van der Waals surface area contributed by atoms with Crippen molar-refractivity contribution in [2.75, 3.05) is 20.7 Å². The number of rotatable bonds is 9. The highest BCUT2D eigenvalue weighted by Gasteiger charge is 2.72. The third-order valence-electron chi connectivity index (χ3n) is 8.69. The molecular weight excluding hydrogens is 542 g/mol. The van der Waals surface area contributed by atoms with Gasteiger partial charge >= 0.3 is 23.9 Å². The maximum absolute atomic E-state index is 12.9. The Morgan fingerprint density at radius 3 is 2.56 bits per heavy atom. The molecule has 1 saturated heterocycles. The topological polar surface area (TPSA) is 178 Å². The number of carbonyl (C=O) groups is 4. The van der Waals surface area contributed by atoms with Gasteiger partial charge in [-0.1, -0.05) is 6.07 Å². The van der Waals surface area contributed by atoms with Gasteiger partial charge < -0.3 is 43.9 Å². The first kappa shape index (κ1) is 28.8. The Morgan fingerprint density at radius 1 is 1.15 bits per heavy atom. The normalized spacial score (nSPS) is 29.6. The summed E-state index contributed by atoms with van der Waals surface area (Å²) in [5.74, 6) is -3.62. The van der Waals surface area contributed by atoms with Crippen molar-refractivity contribution in [1.82, 2.24) is 4.90 Å². The minimum atomic E-state index is -1.94. The van der Waals surface area contributed by atoms with Crippen LogP contribution in [0.2, 0.25) is 0 Å². The number of ether oxygens (including phenoxy) is 5. The van der Waals surface area contributed by atoms with Gasteiger partial charge in [-0.05, 0) is 58.0 Å². The van der Waals surface area contributed by atoms with Crippen molar-refractivity contribution in [1.29, 1.82) is 0 Å². The minimum Gasteiger partial charge on any atom is -0.493 e. The molecule has 1 spiro atoms. The summed E-state index contributed by atoms with van der Waals surface area (Å²) in [4.78, 5) is 50.1. The second-order valence-corrected chi connectivity index (χ2v) is 11.0. The highest BCUT2D eigenvalue weighted by molar-refractivity contribution is 5.85. The third kappa shape index (κ3) is 4.43. The van der Waals surface area contributed by atoms with Gasteiger partial charge in [0.2, 0.25) is 0 Å². The first-order valence-corrected chi connectivity index (χ1v) is 13.4. The zero-order valence-corrected chi connectivity index (χ0v) is 23.1. The fourth-order valence-corrected chi connectivity index (χ4v) is 6.63. The summed E-state index contributed by atoms with van der Waals surface area (Å²) in [6.07, 6.45) is -3.67. The smallest absolute Gasteiger partial charge is 0.347 e. The fourth-order valence-electron chi connectivity index (χ4n) is 6.63. The molecule has 3 N–H and O–H groups in total. The summed E-state index contributed by atoms with van der Waals surface area (Å²) < 4.78 is 27.1. The van der Waals surface area contributed by atoms with Crippen molar-refractivity contribution in [2.45, 2.75) is 81.0 Å². The molecule has 2 heterocycles. The molecule has 13 nitrogen and oxygen atoms in total. The number of carboxylic acids is 1. The van der Waals surface area contributed by atoms with Crippen LogP contribution in [-0.2, 0) is 45.2 Å². The van der Waals surface area contributed by atoms with E-state index >= 15 is 0 Å². The number of carbonyl (C=O) groups excluding carboxylic acids is 3. The lowest BCUT2D eigenvalue weighted by Crippen LogP contribution is -2.74. The van der Waals surface area contributed by atoms with E-state index in [9.17, 15) is 29.4 Å². The van der Waals surface area contributed by atoms with Gasteiger partial charge in [-0.15, -0.1) is 0 Å². The zero-order valence-electron chi connectivity index (χ0n) is 23.1. The lowest BCUT2D eigenvalue weighted by molar-refractivity contribution is -0.177. The largest absolute Gasteiger partial charge is 0.493 e. The molecule has 1 fully saturated rings. The van der Waals surface area contributed by atoms with Crippen LogP contribution >= 0.6 is 0 Å². The number of piperidine rings is 1. The predicted octanol–water partition coefficient (Wildman–Crippen LogP) is 0.215. The number of likely N-dealkylation sites (tertiary alicyclic amines) is 1. The van der Waals surface area contributed by atoms with Crippen LogP contribution in [0.25, 0.3) is 0 Å². The molecule has 41 heavy (non-hydrogen) atoms. The van der Waals surface area contributed by atoms with Crippen LogP contribution in [-0.4, -0.2) is 101 Å². The van der Waals surface area contributed by atoms with Crippen LogP contribution in [0.4, 0.5) is 0 Å². The van der Waals surface area contributed by atoms with Gasteiger partial charge in [-0.3, -0.25) is 4.79 Å². The van der Waals surface area contributed by atoms with Crippen molar-refractivity contribution in [3.63, 3.8) is 0 Å². The Balaban J connectivity index is 1.32. The molecule has 7 atom stereocenters. The van der Waals surface area contributed by atoms with Crippen molar-refractivity contribution in [3.8, 4) is 11.5 Å². The number of hydrogen-bond donors (Lipinski definition) is 3. The van der Waals surface area contributed by atoms with E-state index in [1.54, 1.807) is 6.08 Å². The average molecular weight is 576 g/mol. The summed E-state index contributed by atoms with van der Waals surface area (Å²) in [6, 6.07) is 3.58. The first-order valence-electron chi connectivity index (χ1n) is 13.4. The van der Waals surface area contributed by atoms with Crippen molar-refractivity contribution >= 4 is 23.9 Å². The highest BCUT2D eigenvalue weighted by atomic mass is 16.6. The number of aliphatic carboxylic acids is 1. The number of aliphatic hydroxyl groups is 2. The summed E-state index contributed by atoms with van der Waals surface area (Å²) in [6.45, 7) is 2.98. The first-order chi connectivity index (χ1) is 19.3. The van der Waals surface area contributed by atoms with Gasteiger partial charge in [0.15, 0.2) is 35.9 Å². The minimum absolute atomic E-state index is 0.112. The molecule has 0 aromatic heterocycles. The Kier molecular flexibility index (Phi) is 7.24. The van der Waals surface area contributed by atoms with E-state index < -0.39 is 65.7 Å². The third-order valence-corrected chi connectivity index (χ3v) is 8.69. The van der Waals surface area contributed by atoms with E-state index in [1.807, 2.05) is 19.2 Å². The van der Waals surface area contributed by atoms with Crippen molar-refractivity contribution in [3.05, 3.63) is 35.1 Å². The molecule has 0 saturated carbocycles. The van der Waals surface area contributed by atoms with Gasteiger partial charge in [0.25, 0.3) is 0 Å². The molecule has 2 aliphatic carbocycles. The Hall–Kier alpha value is -3.68. The summed E-state index contributed by atoms with van der Waals surface area (Å²) >= 11 is 0. The molecule has 5 rings (SSSR count). The molecule has 13 heteroatoms. The van der Waals surface area contributed by atoms with Crippen LogP contribution in [0.5, 0.6) is 11.5 Å². The Labute approximate surface area is 235 Å². The van der Waals surface area contributed by atoms with Crippen molar-refractivity contribution < 1.29 is 58.2 Å². The SMILES string of the molecule is COc1ccc2c3c1O[C@H]1C(OC(=O)[C@@H](O)CC(=O)O[C@@H](C)C(=O)O[C@@H](C)C(=O)O)=CC[C@@]4(O)[C@@H](C2)N(C)CC[C@]314. The predicted molar refractivity (Wildman–Crippen MR) is 137 cm³/mol. The molecule has 0 radical (unpaired) electrons. The number of hydrogen-bond acceptors (Lipinski definition) is 12. The van der Waals surface area contributed by atoms with Crippen LogP contribution in [0.15, 0.2) is 24.0 Å². The number of benzene rings is 1. The average Bonchev–Trinajstić information content (AvgIpc) is 3.27. The van der Waals surface area contributed by atoms with Crippen LogP contribution in [0, 0.1) is 0 Å². The van der Waals surface area contributed by atoms with E-state index in [-0.39, 0.29) is 18.2 Å². The Bertz CT molecular complexity index is 1330. The molecule has 222 valence electrons. The quantitative estimate of drug-likeness (QED) is 0.269. The molecular formula is C28H33NO12. The van der Waals surface area contributed by atoms with Crippen molar-refractivity contribution in [2.24, 2.45) is 0 Å². The molecule has 0 amide bonds. The van der Waals surface area contributed by atoms with E-state index in [0.717, 1.165) is 18.1 Å². The summed E-state index contributed by atoms with van der Waals surface area (Å²) in [5, 5.41) is 31.5. The van der Waals surface area contributed by atoms with E-state index in [0.29, 0.717) is 30.9 Å². The number of carboxylic acid groups (broad SMARTS) is 1. The fraction of sp³-hybridized carbons (Fsp3) is 0.571. The number of methoxy groups -OCH3 is 1.